The molecule has 0 aromatic rings. The van der Waals surface area contributed by atoms with Gasteiger partial charge in [-0.2, -0.15) is 0 Å². The van der Waals surface area contributed by atoms with Crippen molar-refractivity contribution in [3.63, 3.8) is 0 Å². The molecule has 4 fully saturated rings. The summed E-state index contributed by atoms with van der Waals surface area (Å²) in [6.07, 6.45) is 14.3. The molecule has 0 saturated carbocycles. The predicted molar refractivity (Wildman–Crippen MR) is 209 cm³/mol. The van der Waals surface area contributed by atoms with Gasteiger partial charge in [-0.3, -0.25) is 0 Å². The lowest BCUT2D eigenvalue weighted by Gasteiger charge is -2.36. The molecule has 0 N–H and O–H groups in total. The van der Waals surface area contributed by atoms with E-state index in [4.69, 9.17) is 18.9 Å². The highest BCUT2D eigenvalue weighted by Crippen LogP contribution is 2.32. The molecule has 48 heavy (non-hydrogen) atoms. The van der Waals surface area contributed by atoms with Crippen LogP contribution in [0.2, 0.25) is 0 Å². The smallest absolute Gasteiger partial charge is 0.0628 e. The van der Waals surface area contributed by atoms with Crippen molar-refractivity contribution in [1.29, 1.82) is 0 Å². The molecule has 0 aromatic heterocycles. The van der Waals surface area contributed by atoms with Gasteiger partial charge < -0.3 is 18.9 Å². The van der Waals surface area contributed by atoms with Crippen LogP contribution in [-0.2, 0) is 18.9 Å². The van der Waals surface area contributed by atoms with Gasteiger partial charge in [0, 0.05) is 13.2 Å². The fourth-order valence-corrected chi connectivity index (χ4v) is 7.86. The number of ether oxygens (including phenoxy) is 4. The van der Waals surface area contributed by atoms with Gasteiger partial charge in [0.2, 0.25) is 0 Å². The molecule has 4 rings (SSSR count). The maximum atomic E-state index is 6.01. The molecule has 288 valence electrons. The van der Waals surface area contributed by atoms with Gasteiger partial charge in [0.15, 0.2) is 0 Å². The Hall–Kier alpha value is -0.160. The number of rotatable bonds is 8. The second-order valence-corrected chi connectivity index (χ2v) is 18.6. The Morgan fingerprint density at radius 3 is 1.31 bits per heavy atom. The van der Waals surface area contributed by atoms with Crippen molar-refractivity contribution < 1.29 is 18.9 Å². The van der Waals surface area contributed by atoms with Crippen LogP contribution in [0.15, 0.2) is 0 Å². The predicted octanol–water partition coefficient (Wildman–Crippen LogP) is 12.5. The van der Waals surface area contributed by atoms with Crippen molar-refractivity contribution >= 4 is 0 Å². The van der Waals surface area contributed by atoms with Crippen LogP contribution in [0.4, 0.5) is 0 Å². The molecule has 4 aliphatic heterocycles. The van der Waals surface area contributed by atoms with E-state index in [0.717, 1.165) is 55.3 Å². The van der Waals surface area contributed by atoms with E-state index in [-0.39, 0.29) is 0 Å². The van der Waals surface area contributed by atoms with Gasteiger partial charge in [-0.1, -0.05) is 111 Å². The van der Waals surface area contributed by atoms with E-state index >= 15 is 0 Å². The lowest BCUT2D eigenvalue weighted by molar-refractivity contribution is -0.0892. The van der Waals surface area contributed by atoms with Crippen LogP contribution in [0, 0.1) is 65.1 Å². The van der Waals surface area contributed by atoms with Crippen LogP contribution in [0.1, 0.15) is 169 Å². The molecule has 0 aliphatic carbocycles. The molecule has 4 heterocycles. The first-order valence-electron chi connectivity index (χ1n) is 21.0. The van der Waals surface area contributed by atoms with E-state index in [2.05, 4.69) is 111 Å². The van der Waals surface area contributed by atoms with Gasteiger partial charge >= 0.3 is 0 Å². The highest BCUT2D eigenvalue weighted by Gasteiger charge is 2.31. The van der Waals surface area contributed by atoms with Gasteiger partial charge in [-0.15, -0.1) is 0 Å². The minimum absolute atomic E-state index is 0.513. The molecule has 4 aliphatic rings. The van der Waals surface area contributed by atoms with Crippen LogP contribution in [0.25, 0.3) is 0 Å². The molecule has 0 radical (unpaired) electrons. The van der Waals surface area contributed by atoms with E-state index in [9.17, 15) is 0 Å². The first-order valence-corrected chi connectivity index (χ1v) is 21.0. The molecule has 4 heteroatoms. The van der Waals surface area contributed by atoms with E-state index in [1.807, 2.05) is 0 Å². The van der Waals surface area contributed by atoms with Crippen molar-refractivity contribution in [3.05, 3.63) is 0 Å². The highest BCUT2D eigenvalue weighted by atomic mass is 16.5. The van der Waals surface area contributed by atoms with Gasteiger partial charge in [-0.25, -0.2) is 0 Å². The van der Waals surface area contributed by atoms with Gasteiger partial charge in [0.1, 0.15) is 0 Å². The van der Waals surface area contributed by atoms with Crippen LogP contribution < -0.4 is 0 Å². The summed E-state index contributed by atoms with van der Waals surface area (Å²) in [5.41, 5.74) is 0. The highest BCUT2D eigenvalue weighted by molar-refractivity contribution is 4.80. The second-order valence-electron chi connectivity index (χ2n) is 18.6. The summed E-state index contributed by atoms with van der Waals surface area (Å²) in [5.74, 6) is 8.32. The van der Waals surface area contributed by atoms with Crippen molar-refractivity contribution in [2.45, 2.75) is 199 Å². The lowest BCUT2D eigenvalue weighted by Crippen LogP contribution is -2.36. The SMILES string of the molecule is CC(C)C1CCC(C(C)C)OC1.CC(C)C1CCCC(C(C)C)O1.CC(C)C1CCCOC1C(C)C.CC(C)C1CCOC(C(C)C)C1. The third kappa shape index (κ3) is 17.4. The van der Waals surface area contributed by atoms with Crippen LogP contribution in [0.5, 0.6) is 0 Å². The summed E-state index contributed by atoms with van der Waals surface area (Å²) < 4.78 is 23.4. The lowest BCUT2D eigenvalue weighted by atomic mass is 9.80. The van der Waals surface area contributed by atoms with Gasteiger partial charge in [0.25, 0.3) is 0 Å². The first kappa shape index (κ1) is 45.9. The average molecular weight is 681 g/mol. The van der Waals surface area contributed by atoms with Crippen molar-refractivity contribution in [1.82, 2.24) is 0 Å². The summed E-state index contributed by atoms with van der Waals surface area (Å²) in [4.78, 5) is 0. The molecular weight excluding hydrogens is 592 g/mol. The standard InChI is InChI=1S/4C11H22O/c1-8(2)10-5-6-12-11(7-10)9(3)4;1-8(2)10-5-6-11(9(3)4)12-7-10;1-8(2)10-6-5-7-12-11(10)9(3)4;1-8(2)10-6-5-7-11(12-10)9(3)4/h4*8-11H,5-7H2,1-4H3. The minimum Gasteiger partial charge on any atom is -0.378 e. The monoisotopic (exact) mass is 681 g/mol. The Kier molecular flexibility index (Phi) is 23.1. The molecule has 0 bridgehead atoms. The summed E-state index contributed by atoms with van der Waals surface area (Å²) in [5, 5.41) is 0. The van der Waals surface area contributed by atoms with Gasteiger partial charge in [-0.05, 0) is 123 Å². The minimum atomic E-state index is 0.513. The second kappa shape index (κ2) is 24.2. The molecule has 0 aromatic carbocycles. The largest absolute Gasteiger partial charge is 0.378 e. The summed E-state index contributed by atoms with van der Waals surface area (Å²) in [6, 6.07) is 0. The van der Waals surface area contributed by atoms with Crippen LogP contribution in [-0.4, -0.2) is 50.3 Å². The Morgan fingerprint density at radius 1 is 0.375 bits per heavy atom. The Balaban J connectivity index is 0.000000320. The van der Waals surface area contributed by atoms with Crippen molar-refractivity contribution in [3.8, 4) is 0 Å². The van der Waals surface area contributed by atoms with E-state index in [0.29, 0.717) is 60.1 Å². The van der Waals surface area contributed by atoms with E-state index in [1.165, 1.54) is 57.8 Å². The topological polar surface area (TPSA) is 36.9 Å². The maximum Gasteiger partial charge on any atom is 0.0628 e. The zero-order chi connectivity index (χ0) is 36.6. The molecule has 0 amide bonds. The third-order valence-electron chi connectivity index (χ3n) is 11.8. The number of hydrogen-bond donors (Lipinski definition) is 0. The normalized spacial score (nSPS) is 31.5. The average Bonchev–Trinajstić information content (AvgIpc) is 3.05. The fourth-order valence-electron chi connectivity index (χ4n) is 7.86. The molecule has 8 atom stereocenters. The maximum absolute atomic E-state index is 6.01. The number of hydrogen-bond acceptors (Lipinski definition) is 4. The zero-order valence-corrected chi connectivity index (χ0v) is 35.4. The Bertz CT molecular complexity index is 672. The van der Waals surface area contributed by atoms with Gasteiger partial charge in [0.05, 0.1) is 37.1 Å². The van der Waals surface area contributed by atoms with E-state index in [1.54, 1.807) is 0 Å². The van der Waals surface area contributed by atoms with Crippen LogP contribution >= 0.6 is 0 Å². The third-order valence-corrected chi connectivity index (χ3v) is 11.8. The zero-order valence-electron chi connectivity index (χ0n) is 35.4. The quantitative estimate of drug-likeness (QED) is 0.256. The van der Waals surface area contributed by atoms with E-state index < -0.39 is 0 Å². The molecular formula is C44H88O4. The summed E-state index contributed by atoms with van der Waals surface area (Å²) >= 11 is 0. The summed E-state index contributed by atoms with van der Waals surface area (Å²) in [7, 11) is 0. The first-order chi connectivity index (χ1) is 22.5. The summed E-state index contributed by atoms with van der Waals surface area (Å²) in [6.45, 7) is 39.4. The molecule has 0 spiro atoms. The molecule has 8 unspecified atom stereocenters. The Labute approximate surface area is 302 Å². The molecule has 4 saturated heterocycles. The van der Waals surface area contributed by atoms with Crippen molar-refractivity contribution in [2.75, 3.05) is 19.8 Å². The Morgan fingerprint density at radius 2 is 0.917 bits per heavy atom. The van der Waals surface area contributed by atoms with Crippen LogP contribution in [0.3, 0.4) is 0 Å². The molecule has 4 nitrogen and oxygen atoms in total. The van der Waals surface area contributed by atoms with Crippen molar-refractivity contribution in [2.24, 2.45) is 65.1 Å². The fraction of sp³-hybridized carbons (Fsp3) is 1.00.